The predicted molar refractivity (Wildman–Crippen MR) is 148 cm³/mol. The molecular formula is C31H33N3O4. The summed E-state index contributed by atoms with van der Waals surface area (Å²) >= 11 is 0. The number of aromatic nitrogens is 3. The zero-order chi connectivity index (χ0) is 27.1. The van der Waals surface area contributed by atoms with Crippen LogP contribution in [0.2, 0.25) is 0 Å². The van der Waals surface area contributed by atoms with Crippen molar-refractivity contribution in [3.8, 4) is 45.7 Å². The van der Waals surface area contributed by atoms with Crippen molar-refractivity contribution in [2.45, 2.75) is 46.5 Å². The number of hydrogen-bond acceptors (Lipinski definition) is 7. The van der Waals surface area contributed by atoms with Crippen LogP contribution < -0.4 is 0 Å². The van der Waals surface area contributed by atoms with Crippen molar-refractivity contribution in [2.75, 3.05) is 6.61 Å². The number of unbranched alkanes of at least 4 members (excludes halogenated alkanes) is 1. The van der Waals surface area contributed by atoms with E-state index in [-0.39, 0.29) is 29.1 Å². The fourth-order valence-corrected chi connectivity index (χ4v) is 4.17. The van der Waals surface area contributed by atoms with Gasteiger partial charge in [-0.15, -0.1) is 0 Å². The molecule has 38 heavy (non-hydrogen) atoms. The topological polar surface area (TPSA) is 105 Å². The molecule has 0 fully saturated rings. The summed E-state index contributed by atoms with van der Waals surface area (Å²) in [5, 5.41) is 21.0. The molecule has 4 rings (SSSR count). The second kappa shape index (κ2) is 12.3. The Balaban J connectivity index is 1.65. The Bertz CT molecular complexity index is 1400. The maximum atomic E-state index is 12.6. The maximum absolute atomic E-state index is 12.6. The first-order chi connectivity index (χ1) is 18.4. The van der Waals surface area contributed by atoms with Gasteiger partial charge < -0.3 is 14.9 Å². The number of esters is 1. The number of hydrogen-bond donors (Lipinski definition) is 2. The van der Waals surface area contributed by atoms with Crippen LogP contribution in [0.15, 0.2) is 66.7 Å². The molecule has 0 amide bonds. The molecule has 4 aromatic rings. The summed E-state index contributed by atoms with van der Waals surface area (Å²) in [5.41, 5.74) is 2.90. The number of ether oxygens (including phenoxy) is 1. The number of carbonyl (C=O) groups is 1. The molecule has 196 valence electrons. The zero-order valence-corrected chi connectivity index (χ0v) is 22.0. The van der Waals surface area contributed by atoms with Crippen molar-refractivity contribution in [2.24, 2.45) is 5.92 Å². The summed E-state index contributed by atoms with van der Waals surface area (Å²) in [5.74, 6) is 0.976. The Kier molecular flexibility index (Phi) is 8.69. The molecule has 1 aromatic heterocycles. The molecule has 0 bridgehead atoms. The number of aryl methyl sites for hydroxylation is 1. The summed E-state index contributed by atoms with van der Waals surface area (Å²) in [6, 6.07) is 18.9. The second-order valence-corrected chi connectivity index (χ2v) is 9.44. The summed E-state index contributed by atoms with van der Waals surface area (Å²) in [6.07, 6.45) is 4.28. The Morgan fingerprint density at radius 3 is 2.13 bits per heavy atom. The van der Waals surface area contributed by atoms with E-state index < -0.39 is 0 Å². The first-order valence-electron chi connectivity index (χ1n) is 13.0. The highest BCUT2D eigenvalue weighted by Crippen LogP contribution is 2.32. The molecule has 3 aromatic carbocycles. The van der Waals surface area contributed by atoms with Crippen LogP contribution in [0.4, 0.5) is 0 Å². The zero-order valence-electron chi connectivity index (χ0n) is 22.0. The van der Waals surface area contributed by atoms with Crippen LogP contribution in [0.25, 0.3) is 34.2 Å². The van der Waals surface area contributed by atoms with E-state index in [1.807, 2.05) is 13.0 Å². The number of para-hydroxylation sites is 1. The fraction of sp³-hybridized carbons (Fsp3) is 0.290. The lowest BCUT2D eigenvalue weighted by Gasteiger charge is -2.14. The van der Waals surface area contributed by atoms with Gasteiger partial charge in [-0.05, 0) is 61.2 Å². The normalized spacial score (nSPS) is 11.8. The lowest BCUT2D eigenvalue weighted by molar-refractivity contribution is 0.0428. The van der Waals surface area contributed by atoms with Gasteiger partial charge in [-0.2, -0.15) is 0 Å². The molecular weight excluding hydrogens is 478 g/mol. The van der Waals surface area contributed by atoms with Crippen molar-refractivity contribution in [1.29, 1.82) is 0 Å². The van der Waals surface area contributed by atoms with E-state index in [0.717, 1.165) is 31.2 Å². The molecule has 0 aliphatic heterocycles. The Morgan fingerprint density at radius 1 is 0.842 bits per heavy atom. The van der Waals surface area contributed by atoms with Gasteiger partial charge in [0.1, 0.15) is 11.5 Å². The van der Waals surface area contributed by atoms with Gasteiger partial charge in [0, 0.05) is 5.56 Å². The monoisotopic (exact) mass is 511 g/mol. The minimum atomic E-state index is -0.359. The van der Waals surface area contributed by atoms with Crippen LogP contribution in [0.5, 0.6) is 11.5 Å². The van der Waals surface area contributed by atoms with E-state index >= 15 is 0 Å². The average Bonchev–Trinajstić information content (AvgIpc) is 2.93. The van der Waals surface area contributed by atoms with E-state index in [9.17, 15) is 15.0 Å². The number of aromatic hydroxyl groups is 2. The second-order valence-electron chi connectivity index (χ2n) is 9.44. The van der Waals surface area contributed by atoms with Crippen LogP contribution in [0, 0.1) is 12.8 Å². The molecule has 0 spiro atoms. The van der Waals surface area contributed by atoms with Crippen molar-refractivity contribution >= 4 is 5.97 Å². The summed E-state index contributed by atoms with van der Waals surface area (Å²) < 4.78 is 5.58. The van der Waals surface area contributed by atoms with Crippen molar-refractivity contribution in [1.82, 2.24) is 15.0 Å². The van der Waals surface area contributed by atoms with Crippen molar-refractivity contribution in [3.63, 3.8) is 0 Å². The van der Waals surface area contributed by atoms with E-state index in [1.54, 1.807) is 60.7 Å². The maximum Gasteiger partial charge on any atom is 0.338 e. The number of carbonyl (C=O) groups excluding carboxylic acids is 1. The van der Waals surface area contributed by atoms with Crippen LogP contribution in [0.1, 0.15) is 55.5 Å². The third-order valence-electron chi connectivity index (χ3n) is 6.55. The Labute approximate surface area is 223 Å². The largest absolute Gasteiger partial charge is 0.507 e. The minimum Gasteiger partial charge on any atom is -0.507 e. The standard InChI is InChI=1S/C31H33N3O4/c1-4-6-9-21(5-2)19-38-31(37)23-15-13-22(14-16-23)28-32-29(24-10-7-8-11-26(24)35)34-30(33-28)25-17-12-20(3)18-27(25)36/h7-8,10-18,21,35-36H,4-6,9,19H2,1-3H3. The van der Waals surface area contributed by atoms with Gasteiger partial charge in [-0.25, -0.2) is 19.7 Å². The van der Waals surface area contributed by atoms with Gasteiger partial charge in [0.25, 0.3) is 0 Å². The van der Waals surface area contributed by atoms with Crippen LogP contribution >= 0.6 is 0 Å². The lowest BCUT2D eigenvalue weighted by Crippen LogP contribution is -2.14. The molecule has 2 N–H and O–H groups in total. The van der Waals surface area contributed by atoms with E-state index in [1.165, 1.54) is 0 Å². The lowest BCUT2D eigenvalue weighted by atomic mass is 10.0. The van der Waals surface area contributed by atoms with Gasteiger partial charge in [0.15, 0.2) is 17.5 Å². The highest BCUT2D eigenvalue weighted by Gasteiger charge is 2.17. The SMILES string of the molecule is CCCCC(CC)COC(=O)c1ccc(-c2nc(-c3ccccc3O)nc(-c3ccc(C)cc3O)n2)cc1. The molecule has 0 aliphatic rings. The molecule has 7 nitrogen and oxygen atoms in total. The summed E-state index contributed by atoms with van der Waals surface area (Å²) in [7, 11) is 0. The average molecular weight is 512 g/mol. The molecule has 0 saturated heterocycles. The Morgan fingerprint density at radius 2 is 1.50 bits per heavy atom. The summed E-state index contributed by atoms with van der Waals surface area (Å²) in [6.45, 7) is 6.57. The van der Waals surface area contributed by atoms with Crippen molar-refractivity contribution in [3.05, 3.63) is 77.9 Å². The molecule has 7 heteroatoms. The molecule has 1 heterocycles. The fourth-order valence-electron chi connectivity index (χ4n) is 4.17. The highest BCUT2D eigenvalue weighted by molar-refractivity contribution is 5.90. The number of phenolic OH excluding ortho intramolecular Hbond substituents is 2. The van der Waals surface area contributed by atoms with Crippen LogP contribution in [-0.4, -0.2) is 37.7 Å². The first-order valence-corrected chi connectivity index (χ1v) is 13.0. The molecule has 1 unspecified atom stereocenters. The first kappa shape index (κ1) is 26.8. The number of benzene rings is 3. The third kappa shape index (κ3) is 6.35. The molecule has 1 atom stereocenters. The number of rotatable bonds is 10. The summed E-state index contributed by atoms with van der Waals surface area (Å²) in [4.78, 5) is 26.4. The van der Waals surface area contributed by atoms with E-state index in [2.05, 4.69) is 28.8 Å². The Hall–Kier alpha value is -4.26. The smallest absolute Gasteiger partial charge is 0.338 e. The molecule has 0 radical (unpaired) electrons. The number of nitrogens with zero attached hydrogens (tertiary/aromatic N) is 3. The van der Waals surface area contributed by atoms with E-state index in [0.29, 0.717) is 40.6 Å². The molecule has 0 saturated carbocycles. The van der Waals surface area contributed by atoms with Gasteiger partial charge in [0.2, 0.25) is 0 Å². The third-order valence-corrected chi connectivity index (χ3v) is 6.55. The highest BCUT2D eigenvalue weighted by atomic mass is 16.5. The van der Waals surface area contributed by atoms with Crippen LogP contribution in [-0.2, 0) is 4.74 Å². The van der Waals surface area contributed by atoms with Gasteiger partial charge in [0.05, 0.1) is 23.3 Å². The van der Waals surface area contributed by atoms with Gasteiger partial charge >= 0.3 is 5.97 Å². The van der Waals surface area contributed by atoms with E-state index in [4.69, 9.17) is 4.74 Å². The van der Waals surface area contributed by atoms with Gasteiger partial charge in [-0.3, -0.25) is 0 Å². The predicted octanol–water partition coefficient (Wildman–Crippen LogP) is 6.97. The van der Waals surface area contributed by atoms with Crippen LogP contribution in [0.3, 0.4) is 0 Å². The van der Waals surface area contributed by atoms with Gasteiger partial charge in [-0.1, -0.05) is 63.4 Å². The van der Waals surface area contributed by atoms with Crippen molar-refractivity contribution < 1.29 is 19.7 Å². The minimum absolute atomic E-state index is 0.0335. The number of phenols is 2. The quantitative estimate of drug-likeness (QED) is 0.222. The molecule has 0 aliphatic carbocycles.